The summed E-state index contributed by atoms with van der Waals surface area (Å²) in [5, 5.41) is 2.86. The van der Waals surface area contributed by atoms with Crippen LogP contribution in [-0.4, -0.2) is 39.3 Å². The lowest BCUT2D eigenvalue weighted by Crippen LogP contribution is -2.36. The van der Waals surface area contributed by atoms with Gasteiger partial charge in [0.05, 0.1) is 12.0 Å². The number of rotatable bonds is 6. The van der Waals surface area contributed by atoms with Crippen molar-refractivity contribution in [1.82, 2.24) is 9.88 Å². The molecule has 7 nitrogen and oxygen atoms in total. The zero-order valence-corrected chi connectivity index (χ0v) is 22.0. The van der Waals surface area contributed by atoms with E-state index in [4.69, 9.17) is 0 Å². The van der Waals surface area contributed by atoms with Crippen LogP contribution in [0, 0.1) is 13.8 Å². The van der Waals surface area contributed by atoms with Crippen LogP contribution in [0.3, 0.4) is 0 Å². The number of aromatic nitrogens is 1. The van der Waals surface area contributed by atoms with Crippen molar-refractivity contribution in [3.63, 3.8) is 0 Å². The smallest absolute Gasteiger partial charge is 0.256 e. The van der Waals surface area contributed by atoms with Gasteiger partial charge in [0.25, 0.3) is 16.1 Å². The zero-order valence-electron chi connectivity index (χ0n) is 21.2. The van der Waals surface area contributed by atoms with Crippen molar-refractivity contribution in [3.8, 4) is 0 Å². The molecule has 2 aliphatic rings. The van der Waals surface area contributed by atoms with E-state index in [1.54, 1.807) is 24.3 Å². The molecule has 1 aromatic heterocycles. The first-order chi connectivity index (χ1) is 17.7. The van der Waals surface area contributed by atoms with Gasteiger partial charge in [0, 0.05) is 47.4 Å². The Hall–Kier alpha value is -3.49. The molecule has 1 atom stereocenters. The molecule has 1 saturated heterocycles. The van der Waals surface area contributed by atoms with E-state index < -0.39 is 10.2 Å². The first-order valence-electron chi connectivity index (χ1n) is 12.6. The quantitative estimate of drug-likeness (QED) is 0.308. The van der Waals surface area contributed by atoms with E-state index in [1.165, 1.54) is 6.42 Å². The van der Waals surface area contributed by atoms with Gasteiger partial charge in [-0.3, -0.25) is 9.59 Å². The standard InChI is InChI=1S/C29H31N3O4S/c1-19-23(17-28(33)32-13-7-4-8-14-32)20(2)30-27(19)16-25-24-15-22(11-12-26(24)31-29(25)34)37(35,36)18-21-9-5-3-6-10-21/h3,5-6,9-12,15-16H,4,7-8,13-14,17-18H2,1-2H3,(H2-,30,31,34,35,36)/p+1. The molecule has 3 N–H and O–H groups in total. The highest BCUT2D eigenvalue weighted by Gasteiger charge is 2.33. The Balaban J connectivity index is 1.44. The molecule has 2 aliphatic heterocycles. The van der Waals surface area contributed by atoms with Gasteiger partial charge in [-0.05, 0) is 62.4 Å². The zero-order chi connectivity index (χ0) is 26.2. The molecule has 5 rings (SSSR count). The minimum absolute atomic E-state index is 0.00358. The highest BCUT2D eigenvalue weighted by Crippen LogP contribution is 2.37. The van der Waals surface area contributed by atoms with Crippen LogP contribution < -0.4 is 5.32 Å². The number of fused-ring (bicyclic) bond motifs is 1. The third-order valence-electron chi connectivity index (χ3n) is 7.30. The Morgan fingerprint density at radius 1 is 1.08 bits per heavy atom. The topological polar surface area (TPSA) is 102 Å². The Morgan fingerprint density at radius 3 is 2.54 bits per heavy atom. The molecule has 192 valence electrons. The number of anilines is 1. The van der Waals surface area contributed by atoms with Gasteiger partial charge in [0.2, 0.25) is 5.91 Å². The molecule has 0 bridgehead atoms. The average Bonchev–Trinajstić information content (AvgIpc) is 3.34. The molecular formula is C29H32N3O4S+. The predicted molar refractivity (Wildman–Crippen MR) is 146 cm³/mol. The van der Waals surface area contributed by atoms with Crippen LogP contribution in [0.15, 0.2) is 53.4 Å². The first-order valence-corrected chi connectivity index (χ1v) is 14.3. The Kier molecular flexibility index (Phi) is 6.88. The number of benzene rings is 2. The average molecular weight is 519 g/mol. The van der Waals surface area contributed by atoms with Crippen LogP contribution in [-0.2, 0) is 36.2 Å². The fourth-order valence-corrected chi connectivity index (χ4v) is 6.56. The van der Waals surface area contributed by atoms with Crippen molar-refractivity contribution < 1.29 is 18.4 Å². The van der Waals surface area contributed by atoms with Gasteiger partial charge in [0.15, 0.2) is 10.6 Å². The number of H-pyrrole nitrogens is 1. The molecule has 37 heavy (non-hydrogen) atoms. The van der Waals surface area contributed by atoms with E-state index in [2.05, 4.69) is 10.3 Å². The van der Waals surface area contributed by atoms with Crippen molar-refractivity contribution >= 4 is 39.4 Å². The summed E-state index contributed by atoms with van der Waals surface area (Å²) in [7, 11) is -3.35. The number of hydrogen-bond acceptors (Lipinski definition) is 3. The SMILES string of the molecule is Cc1[nH]c(/C=C2\C(=O)Nc3ccc([S+](=O)(O)Cc4ccccc4)cc32)c(C)c1CC(=O)N1CCCCC1. The monoisotopic (exact) mass is 518 g/mol. The van der Waals surface area contributed by atoms with Crippen LogP contribution in [0.5, 0.6) is 0 Å². The largest absolute Gasteiger partial charge is 0.359 e. The van der Waals surface area contributed by atoms with Crippen LogP contribution in [0.2, 0.25) is 0 Å². The van der Waals surface area contributed by atoms with Gasteiger partial charge in [-0.25, -0.2) is 0 Å². The van der Waals surface area contributed by atoms with Crippen LogP contribution in [0.25, 0.3) is 11.6 Å². The molecule has 0 aliphatic carbocycles. The van der Waals surface area contributed by atoms with E-state index in [9.17, 15) is 18.4 Å². The van der Waals surface area contributed by atoms with Crippen molar-refractivity contribution in [2.45, 2.75) is 50.2 Å². The van der Waals surface area contributed by atoms with Crippen LogP contribution in [0.4, 0.5) is 5.69 Å². The molecule has 0 radical (unpaired) electrons. The number of carbonyl (C=O) groups is 2. The van der Waals surface area contributed by atoms with Crippen molar-refractivity contribution in [2.24, 2.45) is 0 Å². The predicted octanol–water partition coefficient (Wildman–Crippen LogP) is 5.21. The third-order valence-corrected chi connectivity index (χ3v) is 9.02. The lowest BCUT2D eigenvalue weighted by molar-refractivity contribution is -0.131. The summed E-state index contributed by atoms with van der Waals surface area (Å²) >= 11 is 0. The van der Waals surface area contributed by atoms with E-state index in [1.807, 2.05) is 49.1 Å². The number of likely N-dealkylation sites (tertiary alicyclic amines) is 1. The highest BCUT2D eigenvalue weighted by atomic mass is 32.3. The summed E-state index contributed by atoms with van der Waals surface area (Å²) in [6.07, 6.45) is 5.38. The maximum atomic E-state index is 13.2. The third kappa shape index (κ3) is 5.17. The molecule has 0 saturated carbocycles. The van der Waals surface area contributed by atoms with E-state index in [-0.39, 0.29) is 22.5 Å². The van der Waals surface area contributed by atoms with E-state index >= 15 is 0 Å². The molecule has 8 heteroatoms. The molecule has 1 fully saturated rings. The number of aryl methyl sites for hydroxylation is 1. The maximum Gasteiger partial charge on any atom is 0.256 e. The fourth-order valence-electron chi connectivity index (χ4n) is 5.17. The van der Waals surface area contributed by atoms with Gasteiger partial charge in [0.1, 0.15) is 0 Å². The summed E-state index contributed by atoms with van der Waals surface area (Å²) in [6.45, 7) is 5.53. The fraction of sp³-hybridized carbons (Fsp3) is 0.310. The summed E-state index contributed by atoms with van der Waals surface area (Å²) < 4.78 is 24.1. The summed E-state index contributed by atoms with van der Waals surface area (Å²) in [4.78, 5) is 31.3. The number of amides is 2. The summed E-state index contributed by atoms with van der Waals surface area (Å²) in [5.74, 6) is -0.137. The van der Waals surface area contributed by atoms with E-state index in [0.717, 1.165) is 54.0 Å². The molecule has 0 spiro atoms. The lowest BCUT2D eigenvalue weighted by Gasteiger charge is -2.26. The second kappa shape index (κ2) is 10.1. The molecule has 3 aromatic rings. The Bertz CT molecular complexity index is 1430. The number of aromatic amines is 1. The summed E-state index contributed by atoms with van der Waals surface area (Å²) in [6, 6.07) is 14.1. The second-order valence-corrected chi connectivity index (χ2v) is 11.9. The van der Waals surface area contributed by atoms with E-state index in [0.29, 0.717) is 23.2 Å². The van der Waals surface area contributed by atoms with Crippen LogP contribution >= 0.6 is 0 Å². The van der Waals surface area contributed by atoms with Gasteiger partial charge in [-0.15, -0.1) is 0 Å². The van der Waals surface area contributed by atoms with Crippen molar-refractivity contribution in [3.05, 3.63) is 82.2 Å². The number of nitrogens with one attached hydrogen (secondary N) is 2. The second-order valence-electron chi connectivity index (χ2n) is 9.88. The highest BCUT2D eigenvalue weighted by molar-refractivity contribution is 7.97. The molecule has 2 amide bonds. The number of hydrogen-bond donors (Lipinski definition) is 3. The first kappa shape index (κ1) is 25.2. The minimum Gasteiger partial charge on any atom is -0.359 e. The summed E-state index contributed by atoms with van der Waals surface area (Å²) in [5.41, 5.74) is 5.94. The number of piperidine rings is 1. The molecule has 2 aromatic carbocycles. The normalized spacial score (nSPS) is 18.0. The van der Waals surface area contributed by atoms with Gasteiger partial charge >= 0.3 is 0 Å². The van der Waals surface area contributed by atoms with Gasteiger partial charge in [-0.1, -0.05) is 34.5 Å². The molecule has 3 heterocycles. The minimum atomic E-state index is -3.35. The maximum absolute atomic E-state index is 13.2. The Morgan fingerprint density at radius 2 is 1.81 bits per heavy atom. The van der Waals surface area contributed by atoms with Crippen molar-refractivity contribution in [2.75, 3.05) is 18.4 Å². The van der Waals surface area contributed by atoms with Gasteiger partial charge in [-0.2, -0.15) is 4.55 Å². The number of carbonyl (C=O) groups excluding carboxylic acids is 2. The molecular weight excluding hydrogens is 486 g/mol. The molecule has 1 unspecified atom stereocenters. The van der Waals surface area contributed by atoms with Crippen molar-refractivity contribution in [1.29, 1.82) is 0 Å². The van der Waals surface area contributed by atoms with Gasteiger partial charge < -0.3 is 15.2 Å². The lowest BCUT2D eigenvalue weighted by atomic mass is 10.0. The number of nitrogens with zero attached hydrogens (tertiary/aromatic N) is 1. The Labute approximate surface area is 218 Å². The van der Waals surface area contributed by atoms with Crippen LogP contribution in [0.1, 0.15) is 52.9 Å².